The van der Waals surface area contributed by atoms with Gasteiger partial charge < -0.3 is 8.17 Å². The molecule has 1 aromatic rings. The van der Waals surface area contributed by atoms with Crippen LogP contribution < -0.4 is 0 Å². The van der Waals surface area contributed by atoms with Crippen molar-refractivity contribution in [3.8, 4) is 5.75 Å². The van der Waals surface area contributed by atoms with Crippen LogP contribution in [0.15, 0.2) is 59.4 Å². The zero-order chi connectivity index (χ0) is 19.6. The van der Waals surface area contributed by atoms with Gasteiger partial charge >= 0.3 is 0 Å². The van der Waals surface area contributed by atoms with E-state index in [4.69, 9.17) is 3.07 Å². The van der Waals surface area contributed by atoms with Gasteiger partial charge in [-0.15, -0.1) is 0 Å². The van der Waals surface area contributed by atoms with Gasteiger partial charge in [-0.05, 0) is 44.9 Å². The van der Waals surface area contributed by atoms with Crippen LogP contribution in [-0.2, 0) is 7.86 Å². The number of rotatable bonds is 7. The van der Waals surface area contributed by atoms with E-state index in [1.54, 1.807) is 48.1 Å². The van der Waals surface area contributed by atoms with Crippen LogP contribution in [0.4, 0.5) is 0 Å². The molecule has 0 saturated heterocycles. The summed E-state index contributed by atoms with van der Waals surface area (Å²) in [5.41, 5.74) is 2.77. The van der Waals surface area contributed by atoms with Crippen LogP contribution in [0, 0.1) is 0 Å². The lowest BCUT2D eigenvalue weighted by molar-refractivity contribution is -0.116. The molecule has 0 aliphatic heterocycles. The van der Waals surface area contributed by atoms with Crippen LogP contribution in [0.3, 0.4) is 0 Å². The molecule has 0 bridgehead atoms. The Hall–Kier alpha value is -1.56. The summed E-state index contributed by atoms with van der Waals surface area (Å²) < 4.78 is 5.40. The van der Waals surface area contributed by atoms with Gasteiger partial charge in [0, 0.05) is 5.56 Å². The fraction of sp³-hybridized carbons (Fsp3) is 0.381. The van der Waals surface area contributed by atoms with Gasteiger partial charge in [-0.3, -0.25) is 4.79 Å². The lowest BCUT2D eigenvalue weighted by Gasteiger charge is -2.19. The maximum absolute atomic E-state index is 13.1. The first-order valence-electron chi connectivity index (χ1n) is 8.49. The number of phenols is 1. The molecule has 0 spiro atoms. The van der Waals surface area contributed by atoms with Crippen LogP contribution in [0.5, 0.6) is 5.75 Å². The maximum Gasteiger partial charge on any atom is 0.192 e. The molecule has 1 aromatic carbocycles. The fourth-order valence-corrected chi connectivity index (χ4v) is 2.79. The third kappa shape index (κ3) is 6.69. The Morgan fingerprint density at radius 3 is 2.24 bits per heavy atom. The highest BCUT2D eigenvalue weighted by molar-refractivity contribution is 14.1. The monoisotopic (exact) mass is 456 g/mol. The first-order valence-corrected chi connectivity index (χ1v) is 9.37. The molecule has 0 heterocycles. The van der Waals surface area contributed by atoms with Gasteiger partial charge in [-0.25, -0.2) is 0 Å². The Bertz CT molecular complexity index is 653. The zero-order valence-electron chi connectivity index (χ0n) is 16.0. The second-order valence-corrected chi connectivity index (χ2v) is 6.14. The second-order valence-electron chi connectivity index (χ2n) is 5.70. The van der Waals surface area contributed by atoms with Gasteiger partial charge in [0.1, 0.15) is 11.5 Å². The molecule has 0 radical (unpaired) electrons. The summed E-state index contributed by atoms with van der Waals surface area (Å²) in [6.07, 6.45) is 2.41. The number of carbonyl (C=O) groups is 1. The van der Waals surface area contributed by atoms with Crippen molar-refractivity contribution in [2.45, 2.75) is 53.9 Å². The van der Waals surface area contributed by atoms with Crippen molar-refractivity contribution in [2.75, 3.05) is 0 Å². The largest absolute Gasteiger partial charge is 0.508 e. The minimum atomic E-state index is -0.435. The summed E-state index contributed by atoms with van der Waals surface area (Å²) in [5.74, 6) is 0.102. The Kier molecular flexibility index (Phi) is 11.2. The highest BCUT2D eigenvalue weighted by Crippen LogP contribution is 2.33. The number of para-hydroxylation sites is 1. The Balaban J connectivity index is 0.00000277. The number of carbonyl (C=O) groups excluding carboxylic acids is 1. The predicted octanol–water partition coefficient (Wildman–Crippen LogP) is 6.64. The summed E-state index contributed by atoms with van der Waals surface area (Å²) in [4.78, 5) is 13.1. The van der Waals surface area contributed by atoms with Crippen molar-refractivity contribution < 1.29 is 13.0 Å². The van der Waals surface area contributed by atoms with Gasteiger partial charge in [0.15, 0.2) is 28.8 Å². The third-order valence-corrected chi connectivity index (χ3v) is 3.93. The van der Waals surface area contributed by atoms with Crippen LogP contribution in [0.2, 0.25) is 0 Å². The average molecular weight is 456 g/mol. The molecule has 1 rings (SSSR count). The molecule has 0 amide bonds. The molecule has 138 valence electrons. The van der Waals surface area contributed by atoms with Gasteiger partial charge in [-0.1, -0.05) is 51.1 Å². The fourth-order valence-electron chi connectivity index (χ4n) is 2.44. The first-order chi connectivity index (χ1) is 11.8. The minimum absolute atomic E-state index is 0.0920. The predicted molar refractivity (Wildman–Crippen MR) is 114 cm³/mol. The average Bonchev–Trinajstić information content (AvgIpc) is 2.57. The molecular formula is C21H29IO3. The number of benzene rings is 1. The molecule has 0 aliphatic rings. The molecule has 0 saturated carbocycles. The smallest absolute Gasteiger partial charge is 0.192 e. The molecule has 0 aromatic heterocycles. The van der Waals surface area contributed by atoms with Crippen molar-refractivity contribution in [1.82, 2.24) is 0 Å². The molecule has 3 nitrogen and oxygen atoms in total. The normalized spacial score (nSPS) is 12.1. The Labute approximate surface area is 166 Å². The number of Topliss-reactive ketones (excluding diaryl/α,β-unsaturated/α-hetero) is 1. The first kappa shape index (κ1) is 23.4. The second kappa shape index (κ2) is 11.9. The maximum atomic E-state index is 13.1. The van der Waals surface area contributed by atoms with E-state index >= 15 is 0 Å². The van der Waals surface area contributed by atoms with Crippen molar-refractivity contribution in [1.29, 1.82) is 0 Å². The SMILES string of the molecule is C=C(C)/C(C(=O)C(CC)c1ccccc1O)=C(\C=C(C)C)OI.CC. The van der Waals surface area contributed by atoms with Crippen molar-refractivity contribution in [3.05, 3.63) is 65.0 Å². The van der Waals surface area contributed by atoms with Gasteiger partial charge in [0.2, 0.25) is 0 Å². The van der Waals surface area contributed by atoms with E-state index in [-0.39, 0.29) is 11.5 Å². The van der Waals surface area contributed by atoms with E-state index in [0.717, 1.165) is 5.57 Å². The zero-order valence-corrected chi connectivity index (χ0v) is 18.2. The van der Waals surface area contributed by atoms with E-state index in [9.17, 15) is 9.90 Å². The quantitative estimate of drug-likeness (QED) is 0.216. The number of phenolic OH excluding ortho intramolecular Hbond substituents is 1. The summed E-state index contributed by atoms with van der Waals surface area (Å²) in [6.45, 7) is 15.5. The van der Waals surface area contributed by atoms with Crippen molar-refractivity contribution >= 4 is 28.8 Å². The number of hydrogen-bond donors (Lipinski definition) is 1. The minimum Gasteiger partial charge on any atom is -0.508 e. The van der Waals surface area contributed by atoms with Crippen LogP contribution in [0.25, 0.3) is 0 Å². The van der Waals surface area contributed by atoms with E-state index < -0.39 is 5.92 Å². The Morgan fingerprint density at radius 1 is 1.28 bits per heavy atom. The molecule has 1 N–H and O–H groups in total. The summed E-state index contributed by atoms with van der Waals surface area (Å²) in [5, 5.41) is 10.1. The summed E-state index contributed by atoms with van der Waals surface area (Å²) >= 11 is 1.78. The van der Waals surface area contributed by atoms with Gasteiger partial charge in [0.25, 0.3) is 0 Å². The molecule has 1 atom stereocenters. The molecule has 4 heteroatoms. The number of aromatic hydroxyl groups is 1. The molecular weight excluding hydrogens is 427 g/mol. The van der Waals surface area contributed by atoms with Crippen LogP contribution in [0.1, 0.15) is 59.4 Å². The molecule has 1 unspecified atom stereocenters. The highest BCUT2D eigenvalue weighted by Gasteiger charge is 2.27. The van der Waals surface area contributed by atoms with Crippen LogP contribution in [-0.4, -0.2) is 10.9 Å². The van der Waals surface area contributed by atoms with E-state index in [1.165, 1.54) is 0 Å². The molecule has 25 heavy (non-hydrogen) atoms. The third-order valence-electron chi connectivity index (χ3n) is 3.46. The number of halogens is 1. The topological polar surface area (TPSA) is 46.5 Å². The van der Waals surface area contributed by atoms with E-state index in [2.05, 4.69) is 6.58 Å². The number of allylic oxidation sites excluding steroid dienone is 4. The van der Waals surface area contributed by atoms with E-state index in [1.807, 2.05) is 46.8 Å². The number of ketones is 1. The lowest BCUT2D eigenvalue weighted by atomic mass is 9.85. The summed E-state index contributed by atoms with van der Waals surface area (Å²) in [7, 11) is 0. The molecule has 0 aliphatic carbocycles. The molecule has 0 fully saturated rings. The standard InChI is InChI=1S/C19H23IO3.C2H6/c1-6-14(15-9-7-8-10-16(15)21)19(22)18(13(4)5)17(23-20)11-12(2)3;1-2/h7-11,14,21H,4,6H2,1-3,5H3;1-2H3/b18-17-;. The number of hydrogen-bond acceptors (Lipinski definition) is 3. The van der Waals surface area contributed by atoms with Gasteiger partial charge in [0.05, 0.1) is 11.5 Å². The van der Waals surface area contributed by atoms with E-state index in [0.29, 0.717) is 28.9 Å². The van der Waals surface area contributed by atoms with Gasteiger partial charge in [-0.2, -0.15) is 0 Å². The highest BCUT2D eigenvalue weighted by atomic mass is 127. The van der Waals surface area contributed by atoms with Crippen LogP contribution >= 0.6 is 23.0 Å². The van der Waals surface area contributed by atoms with Crippen molar-refractivity contribution in [2.24, 2.45) is 0 Å². The lowest BCUT2D eigenvalue weighted by Crippen LogP contribution is -2.17. The van der Waals surface area contributed by atoms with Crippen molar-refractivity contribution in [3.63, 3.8) is 0 Å². The Morgan fingerprint density at radius 2 is 1.84 bits per heavy atom. The summed E-state index contributed by atoms with van der Waals surface area (Å²) in [6, 6.07) is 6.94.